The van der Waals surface area contributed by atoms with Gasteiger partial charge in [-0.05, 0) is 32.2 Å². The van der Waals surface area contributed by atoms with Crippen LogP contribution in [0.2, 0.25) is 0 Å². The van der Waals surface area contributed by atoms with Crippen molar-refractivity contribution in [3.05, 3.63) is 0 Å². The van der Waals surface area contributed by atoms with Gasteiger partial charge in [-0.15, -0.1) is 0 Å². The normalized spacial score (nSPS) is 17.2. The minimum atomic E-state index is 0.370. The lowest BCUT2D eigenvalue weighted by molar-refractivity contribution is -0.131. The van der Waals surface area contributed by atoms with Crippen LogP contribution in [0, 0.1) is 0 Å². The Morgan fingerprint density at radius 2 is 1.56 bits per heavy atom. The SMILES string of the molecule is NCCCCCCC(=O)N1CCCCCC1. The highest BCUT2D eigenvalue weighted by Gasteiger charge is 2.14. The number of carbonyl (C=O) groups excluding carboxylic acids is 1. The van der Waals surface area contributed by atoms with Crippen molar-refractivity contribution < 1.29 is 4.79 Å². The zero-order valence-corrected chi connectivity index (χ0v) is 10.4. The number of nitrogens with zero attached hydrogens (tertiary/aromatic N) is 1. The van der Waals surface area contributed by atoms with Crippen molar-refractivity contribution in [3.8, 4) is 0 Å². The van der Waals surface area contributed by atoms with E-state index in [0.29, 0.717) is 5.91 Å². The van der Waals surface area contributed by atoms with Crippen LogP contribution in [0.1, 0.15) is 57.8 Å². The van der Waals surface area contributed by atoms with Crippen LogP contribution in [0.4, 0.5) is 0 Å². The van der Waals surface area contributed by atoms with Gasteiger partial charge in [0.25, 0.3) is 0 Å². The van der Waals surface area contributed by atoms with E-state index in [0.717, 1.165) is 45.3 Å². The zero-order valence-electron chi connectivity index (χ0n) is 10.4. The molecule has 0 bridgehead atoms. The van der Waals surface area contributed by atoms with Crippen LogP contribution in [-0.4, -0.2) is 30.4 Å². The summed E-state index contributed by atoms with van der Waals surface area (Å²) in [6.45, 7) is 2.75. The maximum atomic E-state index is 11.9. The third-order valence-corrected chi connectivity index (χ3v) is 3.30. The van der Waals surface area contributed by atoms with Gasteiger partial charge in [-0.25, -0.2) is 0 Å². The summed E-state index contributed by atoms with van der Waals surface area (Å²) in [5, 5.41) is 0. The fourth-order valence-corrected chi connectivity index (χ4v) is 2.25. The predicted octanol–water partition coefficient (Wildman–Crippen LogP) is 2.30. The number of nitrogens with two attached hydrogens (primary N) is 1. The molecule has 1 amide bonds. The van der Waals surface area contributed by atoms with E-state index >= 15 is 0 Å². The minimum Gasteiger partial charge on any atom is -0.343 e. The number of hydrogen-bond acceptors (Lipinski definition) is 2. The smallest absolute Gasteiger partial charge is 0.222 e. The first kappa shape index (κ1) is 13.5. The Labute approximate surface area is 99.4 Å². The molecule has 0 spiro atoms. The molecule has 1 aliphatic rings. The summed E-state index contributed by atoms with van der Waals surface area (Å²) < 4.78 is 0. The molecule has 1 heterocycles. The van der Waals surface area contributed by atoms with Crippen LogP contribution >= 0.6 is 0 Å². The number of carbonyl (C=O) groups is 1. The molecule has 94 valence electrons. The van der Waals surface area contributed by atoms with Gasteiger partial charge in [0.05, 0.1) is 0 Å². The van der Waals surface area contributed by atoms with Crippen LogP contribution < -0.4 is 5.73 Å². The summed E-state index contributed by atoms with van der Waals surface area (Å²) in [6, 6.07) is 0. The summed E-state index contributed by atoms with van der Waals surface area (Å²) in [7, 11) is 0. The van der Waals surface area contributed by atoms with Gasteiger partial charge in [-0.1, -0.05) is 25.7 Å². The van der Waals surface area contributed by atoms with Crippen LogP contribution in [-0.2, 0) is 4.79 Å². The van der Waals surface area contributed by atoms with Crippen molar-refractivity contribution in [1.29, 1.82) is 0 Å². The summed E-state index contributed by atoms with van der Waals surface area (Å²) in [5.41, 5.74) is 5.43. The second-order valence-electron chi connectivity index (χ2n) is 4.75. The average molecular weight is 226 g/mol. The van der Waals surface area contributed by atoms with Gasteiger partial charge in [-0.2, -0.15) is 0 Å². The highest BCUT2D eigenvalue weighted by atomic mass is 16.2. The summed E-state index contributed by atoms with van der Waals surface area (Å²) in [5.74, 6) is 0.370. The first-order valence-corrected chi connectivity index (χ1v) is 6.82. The number of rotatable bonds is 6. The van der Waals surface area contributed by atoms with E-state index in [2.05, 4.69) is 4.90 Å². The van der Waals surface area contributed by atoms with E-state index in [9.17, 15) is 4.79 Å². The van der Waals surface area contributed by atoms with Crippen molar-refractivity contribution >= 4 is 5.91 Å². The second-order valence-corrected chi connectivity index (χ2v) is 4.75. The number of hydrogen-bond donors (Lipinski definition) is 1. The Morgan fingerprint density at radius 3 is 2.19 bits per heavy atom. The molecular weight excluding hydrogens is 200 g/mol. The lowest BCUT2D eigenvalue weighted by atomic mass is 10.1. The standard InChI is InChI=1S/C13H26N2O/c14-10-6-2-1-5-9-13(16)15-11-7-3-4-8-12-15/h1-12,14H2. The number of amides is 1. The molecule has 1 aliphatic heterocycles. The van der Waals surface area contributed by atoms with Crippen LogP contribution in [0.3, 0.4) is 0 Å². The Morgan fingerprint density at radius 1 is 0.938 bits per heavy atom. The van der Waals surface area contributed by atoms with Crippen molar-refractivity contribution in [2.45, 2.75) is 57.8 Å². The molecule has 0 atom stereocenters. The van der Waals surface area contributed by atoms with Gasteiger partial charge in [0, 0.05) is 19.5 Å². The monoisotopic (exact) mass is 226 g/mol. The second kappa shape index (κ2) is 8.57. The molecular formula is C13H26N2O. The fraction of sp³-hybridized carbons (Fsp3) is 0.923. The van der Waals surface area contributed by atoms with Gasteiger partial charge in [0.15, 0.2) is 0 Å². The molecule has 0 saturated carbocycles. The molecule has 3 nitrogen and oxygen atoms in total. The molecule has 2 N–H and O–H groups in total. The minimum absolute atomic E-state index is 0.370. The molecule has 0 aromatic heterocycles. The largest absolute Gasteiger partial charge is 0.343 e. The first-order chi connectivity index (χ1) is 7.84. The topological polar surface area (TPSA) is 46.3 Å². The molecule has 1 rings (SSSR count). The summed E-state index contributed by atoms with van der Waals surface area (Å²) in [4.78, 5) is 14.0. The predicted molar refractivity (Wildman–Crippen MR) is 67.2 cm³/mol. The van der Waals surface area contributed by atoms with Crippen molar-refractivity contribution in [2.75, 3.05) is 19.6 Å². The number of likely N-dealkylation sites (tertiary alicyclic amines) is 1. The van der Waals surface area contributed by atoms with E-state index in [1.54, 1.807) is 0 Å². The maximum Gasteiger partial charge on any atom is 0.222 e. The third-order valence-electron chi connectivity index (χ3n) is 3.30. The Balaban J connectivity index is 2.08. The third kappa shape index (κ3) is 5.50. The molecule has 0 radical (unpaired) electrons. The molecule has 16 heavy (non-hydrogen) atoms. The highest BCUT2D eigenvalue weighted by molar-refractivity contribution is 5.76. The zero-order chi connectivity index (χ0) is 11.6. The Kier molecular flexibility index (Phi) is 7.23. The lowest BCUT2D eigenvalue weighted by Gasteiger charge is -2.20. The number of unbranched alkanes of at least 4 members (excludes halogenated alkanes) is 3. The summed E-state index contributed by atoms with van der Waals surface area (Å²) in [6.07, 6.45) is 10.2. The van der Waals surface area contributed by atoms with Gasteiger partial charge in [-0.3, -0.25) is 4.79 Å². The highest BCUT2D eigenvalue weighted by Crippen LogP contribution is 2.12. The first-order valence-electron chi connectivity index (χ1n) is 6.82. The van der Waals surface area contributed by atoms with E-state index in [1.807, 2.05) is 0 Å². The molecule has 0 unspecified atom stereocenters. The fourth-order valence-electron chi connectivity index (χ4n) is 2.25. The quantitative estimate of drug-likeness (QED) is 0.706. The lowest BCUT2D eigenvalue weighted by Crippen LogP contribution is -2.31. The Hall–Kier alpha value is -0.570. The molecule has 3 heteroatoms. The van der Waals surface area contributed by atoms with E-state index < -0.39 is 0 Å². The van der Waals surface area contributed by atoms with E-state index in [4.69, 9.17) is 5.73 Å². The Bertz CT molecular complexity index is 186. The maximum absolute atomic E-state index is 11.9. The van der Waals surface area contributed by atoms with Crippen LogP contribution in [0.15, 0.2) is 0 Å². The van der Waals surface area contributed by atoms with Gasteiger partial charge < -0.3 is 10.6 Å². The molecule has 0 aromatic rings. The van der Waals surface area contributed by atoms with Gasteiger partial charge in [0.2, 0.25) is 5.91 Å². The van der Waals surface area contributed by atoms with Gasteiger partial charge >= 0.3 is 0 Å². The molecule has 1 fully saturated rings. The van der Waals surface area contributed by atoms with E-state index in [-0.39, 0.29) is 0 Å². The molecule has 0 aromatic carbocycles. The van der Waals surface area contributed by atoms with E-state index in [1.165, 1.54) is 32.1 Å². The van der Waals surface area contributed by atoms with Crippen LogP contribution in [0.5, 0.6) is 0 Å². The summed E-state index contributed by atoms with van der Waals surface area (Å²) >= 11 is 0. The van der Waals surface area contributed by atoms with Crippen molar-refractivity contribution in [1.82, 2.24) is 4.90 Å². The molecule has 0 aliphatic carbocycles. The van der Waals surface area contributed by atoms with Crippen LogP contribution in [0.25, 0.3) is 0 Å². The van der Waals surface area contributed by atoms with Crippen molar-refractivity contribution in [3.63, 3.8) is 0 Å². The average Bonchev–Trinajstić information content (AvgIpc) is 2.57. The van der Waals surface area contributed by atoms with Gasteiger partial charge in [0.1, 0.15) is 0 Å². The molecule has 1 saturated heterocycles. The van der Waals surface area contributed by atoms with Crippen molar-refractivity contribution in [2.24, 2.45) is 5.73 Å².